The Bertz CT molecular complexity index is 432. The van der Waals surface area contributed by atoms with E-state index in [9.17, 15) is 14.7 Å². The first-order valence-corrected chi connectivity index (χ1v) is 6.78. The summed E-state index contributed by atoms with van der Waals surface area (Å²) in [5.41, 5.74) is 0.735. The molecule has 0 aromatic heterocycles. The number of para-hydroxylation sites is 1. The largest absolute Gasteiger partial charge is 0.392 e. The van der Waals surface area contributed by atoms with Gasteiger partial charge in [0.1, 0.15) is 0 Å². The molecular weight excluding hydrogens is 256 g/mol. The average Bonchev–Trinajstić information content (AvgIpc) is 2.39. The second-order valence-electron chi connectivity index (χ2n) is 5.03. The van der Waals surface area contributed by atoms with Gasteiger partial charge in [-0.1, -0.05) is 32.0 Å². The summed E-state index contributed by atoms with van der Waals surface area (Å²) in [6.07, 6.45) is -0.371. The van der Waals surface area contributed by atoms with E-state index in [1.807, 2.05) is 32.0 Å². The molecule has 1 aromatic carbocycles. The predicted molar refractivity (Wildman–Crippen MR) is 78.2 cm³/mol. The minimum Gasteiger partial charge on any atom is -0.392 e. The molecular formula is C15H22N2O3. The monoisotopic (exact) mass is 278 g/mol. The topological polar surface area (TPSA) is 78.4 Å². The van der Waals surface area contributed by atoms with E-state index in [0.29, 0.717) is 0 Å². The fourth-order valence-electron chi connectivity index (χ4n) is 1.56. The maximum Gasteiger partial charge on any atom is 0.226 e. The number of carbonyl (C=O) groups is 2. The zero-order valence-corrected chi connectivity index (χ0v) is 11.9. The molecule has 0 fully saturated rings. The van der Waals surface area contributed by atoms with Crippen LogP contribution in [0.15, 0.2) is 30.3 Å². The molecule has 2 amide bonds. The van der Waals surface area contributed by atoms with Crippen LogP contribution >= 0.6 is 0 Å². The fraction of sp³-hybridized carbons (Fsp3) is 0.467. The maximum atomic E-state index is 11.6. The second-order valence-corrected chi connectivity index (χ2v) is 5.03. The molecule has 0 spiro atoms. The first kappa shape index (κ1) is 16.2. The molecule has 0 saturated carbocycles. The molecule has 5 heteroatoms. The molecule has 0 aliphatic rings. The molecule has 0 saturated heterocycles. The van der Waals surface area contributed by atoms with Gasteiger partial charge in [-0.05, 0) is 18.1 Å². The lowest BCUT2D eigenvalue weighted by molar-refractivity contribution is -0.123. The molecule has 3 N–H and O–H groups in total. The lowest BCUT2D eigenvalue weighted by atomic mass is 10.0. The van der Waals surface area contributed by atoms with E-state index in [4.69, 9.17) is 0 Å². The minimum atomic E-state index is -0.645. The van der Waals surface area contributed by atoms with Crippen LogP contribution in [-0.2, 0) is 9.59 Å². The van der Waals surface area contributed by atoms with Crippen molar-refractivity contribution in [3.8, 4) is 0 Å². The Morgan fingerprint density at radius 1 is 1.15 bits per heavy atom. The third kappa shape index (κ3) is 6.33. The van der Waals surface area contributed by atoms with Crippen LogP contribution in [0.4, 0.5) is 5.69 Å². The summed E-state index contributed by atoms with van der Waals surface area (Å²) in [6, 6.07) is 9.15. The van der Waals surface area contributed by atoms with Crippen molar-refractivity contribution in [3.63, 3.8) is 0 Å². The van der Waals surface area contributed by atoms with Crippen LogP contribution in [0.2, 0.25) is 0 Å². The van der Waals surface area contributed by atoms with E-state index in [1.165, 1.54) is 0 Å². The molecule has 0 radical (unpaired) electrons. The highest BCUT2D eigenvalue weighted by molar-refractivity contribution is 5.91. The van der Waals surface area contributed by atoms with E-state index in [0.717, 1.165) is 5.69 Å². The summed E-state index contributed by atoms with van der Waals surface area (Å²) >= 11 is 0. The lowest BCUT2D eigenvalue weighted by Gasteiger charge is -2.13. The van der Waals surface area contributed by atoms with Gasteiger partial charge in [-0.3, -0.25) is 9.59 Å². The number of carbonyl (C=O) groups excluding carboxylic acids is 2. The molecule has 1 rings (SSSR count). The summed E-state index contributed by atoms with van der Waals surface area (Å²) in [5.74, 6) is -0.346. The number of hydrogen-bond donors (Lipinski definition) is 3. The predicted octanol–water partition coefficient (Wildman–Crippen LogP) is 1.54. The Hall–Kier alpha value is -1.88. The van der Waals surface area contributed by atoms with Crippen molar-refractivity contribution in [3.05, 3.63) is 30.3 Å². The molecule has 110 valence electrons. The number of nitrogens with one attached hydrogen (secondary N) is 2. The fourth-order valence-corrected chi connectivity index (χ4v) is 1.56. The number of amides is 2. The van der Waals surface area contributed by atoms with Crippen molar-refractivity contribution in [2.45, 2.75) is 32.8 Å². The minimum absolute atomic E-state index is 0.0436. The third-order valence-corrected chi connectivity index (χ3v) is 2.90. The van der Waals surface area contributed by atoms with E-state index in [2.05, 4.69) is 10.6 Å². The van der Waals surface area contributed by atoms with Crippen LogP contribution in [0.5, 0.6) is 0 Å². The summed E-state index contributed by atoms with van der Waals surface area (Å²) < 4.78 is 0. The molecule has 0 bridgehead atoms. The first-order valence-electron chi connectivity index (χ1n) is 6.78. The van der Waals surface area contributed by atoms with Crippen LogP contribution in [0.3, 0.4) is 0 Å². The van der Waals surface area contributed by atoms with E-state index < -0.39 is 6.10 Å². The second kappa shape index (κ2) is 8.32. The molecule has 20 heavy (non-hydrogen) atoms. The lowest BCUT2D eigenvalue weighted by Crippen LogP contribution is -2.31. The van der Waals surface area contributed by atoms with Gasteiger partial charge < -0.3 is 15.7 Å². The van der Waals surface area contributed by atoms with Crippen LogP contribution in [0, 0.1) is 5.92 Å². The summed E-state index contributed by atoms with van der Waals surface area (Å²) in [4.78, 5) is 23.1. The molecule has 1 atom stereocenters. The Labute approximate surface area is 119 Å². The van der Waals surface area contributed by atoms with E-state index in [1.54, 1.807) is 12.1 Å². The first-order chi connectivity index (χ1) is 9.49. The van der Waals surface area contributed by atoms with Crippen molar-refractivity contribution >= 4 is 17.5 Å². The van der Waals surface area contributed by atoms with Crippen LogP contribution < -0.4 is 10.6 Å². The van der Waals surface area contributed by atoms with Gasteiger partial charge in [-0.15, -0.1) is 0 Å². The molecule has 1 unspecified atom stereocenters. The third-order valence-electron chi connectivity index (χ3n) is 2.90. The SMILES string of the molecule is CC(C)C(O)CC(=O)NCCC(=O)Nc1ccccc1. The van der Waals surface area contributed by atoms with Crippen LogP contribution in [-0.4, -0.2) is 29.6 Å². The molecule has 0 aliphatic carbocycles. The normalized spacial score (nSPS) is 12.0. The zero-order valence-electron chi connectivity index (χ0n) is 11.9. The van der Waals surface area contributed by atoms with Gasteiger partial charge in [-0.25, -0.2) is 0 Å². The number of anilines is 1. The van der Waals surface area contributed by atoms with Gasteiger partial charge in [-0.2, -0.15) is 0 Å². The van der Waals surface area contributed by atoms with Gasteiger partial charge in [0.2, 0.25) is 11.8 Å². The number of benzene rings is 1. The van der Waals surface area contributed by atoms with Gasteiger partial charge in [0.25, 0.3) is 0 Å². The van der Waals surface area contributed by atoms with Crippen molar-refractivity contribution in [2.24, 2.45) is 5.92 Å². The standard InChI is InChI=1S/C15H22N2O3/c1-11(2)13(18)10-15(20)16-9-8-14(19)17-12-6-4-3-5-7-12/h3-7,11,13,18H,8-10H2,1-2H3,(H,16,20)(H,17,19). The van der Waals surface area contributed by atoms with E-state index >= 15 is 0 Å². The van der Waals surface area contributed by atoms with Crippen LogP contribution in [0.1, 0.15) is 26.7 Å². The highest BCUT2D eigenvalue weighted by Crippen LogP contribution is 2.06. The van der Waals surface area contributed by atoms with Gasteiger partial charge >= 0.3 is 0 Å². The number of aliphatic hydroxyl groups excluding tert-OH is 1. The highest BCUT2D eigenvalue weighted by Gasteiger charge is 2.14. The van der Waals surface area contributed by atoms with Crippen molar-refractivity contribution in [1.82, 2.24) is 5.32 Å². The number of rotatable bonds is 7. The summed E-state index contributed by atoms with van der Waals surface area (Å²) in [6.45, 7) is 3.97. The quantitative estimate of drug-likeness (QED) is 0.708. The molecule has 0 heterocycles. The van der Waals surface area contributed by atoms with Crippen molar-refractivity contribution in [1.29, 1.82) is 0 Å². The van der Waals surface area contributed by atoms with Crippen molar-refractivity contribution < 1.29 is 14.7 Å². The summed E-state index contributed by atoms with van der Waals surface area (Å²) in [7, 11) is 0. The smallest absolute Gasteiger partial charge is 0.226 e. The summed E-state index contributed by atoms with van der Waals surface area (Å²) in [5, 5.41) is 14.9. The zero-order chi connectivity index (χ0) is 15.0. The number of hydrogen-bond acceptors (Lipinski definition) is 3. The Morgan fingerprint density at radius 3 is 2.40 bits per heavy atom. The average molecular weight is 278 g/mol. The maximum absolute atomic E-state index is 11.6. The Kier molecular flexibility index (Phi) is 6.73. The highest BCUT2D eigenvalue weighted by atomic mass is 16.3. The molecule has 0 aliphatic heterocycles. The molecule has 5 nitrogen and oxygen atoms in total. The van der Waals surface area contributed by atoms with Gasteiger partial charge in [0.05, 0.1) is 12.5 Å². The van der Waals surface area contributed by atoms with Gasteiger partial charge in [0.15, 0.2) is 0 Å². The Morgan fingerprint density at radius 2 is 1.80 bits per heavy atom. The van der Waals surface area contributed by atoms with Crippen molar-refractivity contribution in [2.75, 3.05) is 11.9 Å². The van der Waals surface area contributed by atoms with Crippen LogP contribution in [0.25, 0.3) is 0 Å². The van der Waals surface area contributed by atoms with Gasteiger partial charge in [0, 0.05) is 18.7 Å². The molecule has 1 aromatic rings. The Balaban J connectivity index is 2.20. The van der Waals surface area contributed by atoms with E-state index in [-0.39, 0.29) is 37.1 Å². The number of aliphatic hydroxyl groups is 1.